The number of aliphatic hydroxyl groups excluding tert-OH is 1. The minimum Gasteiger partial charge on any atom is -0.368 e. The Kier molecular flexibility index (Phi) is 3.03. The number of carbonyl (C=O) groups excluding carboxylic acids is 1. The molecule has 1 aliphatic rings. The van der Waals surface area contributed by atoms with Gasteiger partial charge in [-0.3, -0.25) is 4.79 Å². The lowest BCUT2D eigenvalue weighted by Crippen LogP contribution is -2.40. The van der Waals surface area contributed by atoms with E-state index in [2.05, 4.69) is 5.43 Å². The molecule has 0 spiro atoms. The minimum absolute atomic E-state index is 0.195. The van der Waals surface area contributed by atoms with E-state index < -0.39 is 6.23 Å². The van der Waals surface area contributed by atoms with Crippen LogP contribution in [0.4, 0.5) is 0 Å². The number of aliphatic hydroxyl groups is 1. The van der Waals surface area contributed by atoms with Crippen molar-refractivity contribution in [3.8, 4) is 0 Å². The Labute approximate surface area is 111 Å². The molecule has 2 aromatic carbocycles. The number of benzene rings is 2. The van der Waals surface area contributed by atoms with Crippen LogP contribution in [0.5, 0.6) is 0 Å². The Morgan fingerprint density at radius 1 is 1.05 bits per heavy atom. The Morgan fingerprint density at radius 3 is 2.47 bits per heavy atom. The Balaban J connectivity index is 1.76. The first-order valence-corrected chi connectivity index (χ1v) is 6.15. The lowest BCUT2D eigenvalue weighted by atomic mass is 10.1. The van der Waals surface area contributed by atoms with Gasteiger partial charge in [-0.2, -0.15) is 0 Å². The van der Waals surface area contributed by atoms with Crippen molar-refractivity contribution in [1.29, 1.82) is 0 Å². The second-order valence-electron chi connectivity index (χ2n) is 4.46. The molecule has 0 saturated carbocycles. The third-order valence-corrected chi connectivity index (χ3v) is 3.23. The molecule has 0 aromatic heterocycles. The molecule has 3 rings (SSSR count). The maximum Gasteiger partial charge on any atom is 0.271 e. The number of amides is 1. The van der Waals surface area contributed by atoms with E-state index in [0.29, 0.717) is 17.7 Å². The highest BCUT2D eigenvalue weighted by Gasteiger charge is 2.34. The summed E-state index contributed by atoms with van der Waals surface area (Å²) in [7, 11) is 0. The summed E-state index contributed by atoms with van der Waals surface area (Å²) in [5, 5.41) is 11.4. The first-order chi connectivity index (χ1) is 9.27. The highest BCUT2D eigenvalue weighted by molar-refractivity contribution is 5.98. The van der Waals surface area contributed by atoms with Gasteiger partial charge in [0.05, 0.1) is 0 Å². The molecule has 96 valence electrons. The van der Waals surface area contributed by atoms with Crippen molar-refractivity contribution < 1.29 is 9.90 Å². The standard InChI is InChI=1S/C15H14N2O2/c18-14-12-8-4-5-9-13(12)15(19)17(14)16-10-11-6-2-1-3-7-11/h1-9,14,16,18H,10H2. The van der Waals surface area contributed by atoms with Gasteiger partial charge in [0, 0.05) is 17.7 Å². The van der Waals surface area contributed by atoms with Gasteiger partial charge in [-0.25, -0.2) is 10.4 Å². The SMILES string of the molecule is O=C1c2ccccc2C(O)N1NCc1ccccc1. The number of nitrogens with one attached hydrogen (secondary N) is 1. The smallest absolute Gasteiger partial charge is 0.271 e. The van der Waals surface area contributed by atoms with Crippen molar-refractivity contribution >= 4 is 5.91 Å². The first kappa shape index (κ1) is 11.9. The molecule has 0 aliphatic carbocycles. The van der Waals surface area contributed by atoms with E-state index in [1.807, 2.05) is 36.4 Å². The zero-order valence-corrected chi connectivity index (χ0v) is 10.3. The molecule has 1 heterocycles. The molecule has 1 aliphatic heterocycles. The summed E-state index contributed by atoms with van der Waals surface area (Å²) >= 11 is 0. The van der Waals surface area contributed by atoms with Gasteiger partial charge in [0.25, 0.3) is 5.91 Å². The number of hydrogen-bond donors (Lipinski definition) is 2. The van der Waals surface area contributed by atoms with Gasteiger partial charge in [-0.05, 0) is 11.6 Å². The highest BCUT2D eigenvalue weighted by Crippen LogP contribution is 2.29. The van der Waals surface area contributed by atoms with Gasteiger partial charge < -0.3 is 5.11 Å². The molecule has 0 radical (unpaired) electrons. The van der Waals surface area contributed by atoms with Crippen LogP contribution < -0.4 is 5.43 Å². The zero-order chi connectivity index (χ0) is 13.2. The third kappa shape index (κ3) is 2.12. The molecule has 0 saturated heterocycles. The monoisotopic (exact) mass is 254 g/mol. The van der Waals surface area contributed by atoms with Crippen molar-refractivity contribution in [3.05, 3.63) is 71.3 Å². The summed E-state index contributed by atoms with van der Waals surface area (Å²) in [5.41, 5.74) is 5.23. The van der Waals surface area contributed by atoms with Gasteiger partial charge in [-0.1, -0.05) is 48.5 Å². The van der Waals surface area contributed by atoms with Gasteiger partial charge in [0.2, 0.25) is 0 Å². The molecule has 1 unspecified atom stereocenters. The summed E-state index contributed by atoms with van der Waals surface area (Å²) in [5.74, 6) is -0.195. The van der Waals surface area contributed by atoms with Crippen LogP contribution in [0.15, 0.2) is 54.6 Å². The van der Waals surface area contributed by atoms with Crippen LogP contribution in [0, 0.1) is 0 Å². The number of rotatable bonds is 3. The summed E-state index contributed by atoms with van der Waals surface area (Å²) in [4.78, 5) is 12.1. The largest absolute Gasteiger partial charge is 0.368 e. The molecule has 4 nitrogen and oxygen atoms in total. The number of nitrogens with zero attached hydrogens (tertiary/aromatic N) is 1. The van der Waals surface area contributed by atoms with Gasteiger partial charge in [-0.15, -0.1) is 0 Å². The molecule has 1 atom stereocenters. The predicted octanol–water partition coefficient (Wildman–Crippen LogP) is 1.84. The summed E-state index contributed by atoms with van der Waals surface area (Å²) in [6, 6.07) is 16.9. The van der Waals surface area contributed by atoms with Crippen molar-refractivity contribution in [2.75, 3.05) is 0 Å². The third-order valence-electron chi connectivity index (χ3n) is 3.23. The molecule has 2 aromatic rings. The minimum atomic E-state index is -0.924. The summed E-state index contributed by atoms with van der Waals surface area (Å²) in [6.45, 7) is 0.498. The topological polar surface area (TPSA) is 52.6 Å². The normalized spacial score (nSPS) is 17.6. The summed E-state index contributed by atoms with van der Waals surface area (Å²) in [6.07, 6.45) is -0.924. The molecular formula is C15H14N2O2. The first-order valence-electron chi connectivity index (χ1n) is 6.15. The van der Waals surface area contributed by atoms with E-state index in [0.717, 1.165) is 5.56 Å². The average Bonchev–Trinajstić information content (AvgIpc) is 2.71. The molecule has 1 amide bonds. The molecule has 0 fully saturated rings. The fourth-order valence-corrected chi connectivity index (χ4v) is 2.23. The van der Waals surface area contributed by atoms with Crippen LogP contribution in [0.1, 0.15) is 27.7 Å². The molecule has 4 heteroatoms. The number of carbonyl (C=O) groups is 1. The fraction of sp³-hybridized carbons (Fsp3) is 0.133. The second-order valence-corrected chi connectivity index (χ2v) is 4.46. The fourth-order valence-electron chi connectivity index (χ4n) is 2.23. The predicted molar refractivity (Wildman–Crippen MR) is 70.9 cm³/mol. The molecule has 2 N–H and O–H groups in total. The highest BCUT2D eigenvalue weighted by atomic mass is 16.3. The summed E-state index contributed by atoms with van der Waals surface area (Å²) < 4.78 is 0. The Hall–Kier alpha value is -2.17. The Morgan fingerprint density at radius 2 is 1.74 bits per heavy atom. The second kappa shape index (κ2) is 4.84. The number of hydrazine groups is 1. The quantitative estimate of drug-likeness (QED) is 0.878. The van der Waals surface area contributed by atoms with Crippen LogP contribution in [-0.4, -0.2) is 16.0 Å². The van der Waals surface area contributed by atoms with Crippen LogP contribution in [0.2, 0.25) is 0 Å². The van der Waals surface area contributed by atoms with E-state index in [-0.39, 0.29) is 5.91 Å². The van der Waals surface area contributed by atoms with Gasteiger partial charge in [0.1, 0.15) is 0 Å². The lowest BCUT2D eigenvalue weighted by Gasteiger charge is -2.21. The van der Waals surface area contributed by atoms with Gasteiger partial charge in [0.15, 0.2) is 6.23 Å². The van der Waals surface area contributed by atoms with Gasteiger partial charge >= 0.3 is 0 Å². The Bertz CT molecular complexity index is 598. The van der Waals surface area contributed by atoms with E-state index in [1.54, 1.807) is 18.2 Å². The maximum absolute atomic E-state index is 12.1. The van der Waals surface area contributed by atoms with Crippen LogP contribution in [0.25, 0.3) is 0 Å². The van der Waals surface area contributed by atoms with E-state index >= 15 is 0 Å². The number of fused-ring (bicyclic) bond motifs is 1. The maximum atomic E-state index is 12.1. The van der Waals surface area contributed by atoms with Crippen molar-refractivity contribution in [2.45, 2.75) is 12.8 Å². The van der Waals surface area contributed by atoms with Crippen molar-refractivity contribution in [2.24, 2.45) is 0 Å². The average molecular weight is 254 g/mol. The van der Waals surface area contributed by atoms with Crippen LogP contribution in [-0.2, 0) is 6.54 Å². The zero-order valence-electron chi connectivity index (χ0n) is 10.3. The molecule has 0 bridgehead atoms. The number of hydrogen-bond acceptors (Lipinski definition) is 3. The van der Waals surface area contributed by atoms with Crippen LogP contribution in [0.3, 0.4) is 0 Å². The van der Waals surface area contributed by atoms with Crippen molar-refractivity contribution in [3.63, 3.8) is 0 Å². The van der Waals surface area contributed by atoms with Crippen molar-refractivity contribution in [1.82, 2.24) is 10.4 Å². The van der Waals surface area contributed by atoms with E-state index in [9.17, 15) is 9.90 Å². The molecule has 19 heavy (non-hydrogen) atoms. The van der Waals surface area contributed by atoms with Crippen LogP contribution >= 0.6 is 0 Å². The van der Waals surface area contributed by atoms with E-state index in [1.165, 1.54) is 5.01 Å². The molecular weight excluding hydrogens is 240 g/mol. The van der Waals surface area contributed by atoms with E-state index in [4.69, 9.17) is 0 Å². The lowest BCUT2D eigenvalue weighted by molar-refractivity contribution is -0.00965.